The fourth-order valence-corrected chi connectivity index (χ4v) is 1.36. The van der Waals surface area contributed by atoms with Crippen LogP contribution in [0.4, 0.5) is 0 Å². The van der Waals surface area contributed by atoms with Crippen LogP contribution in [0.3, 0.4) is 0 Å². The Morgan fingerprint density at radius 2 is 2.31 bits per heavy atom. The molecular weight excluding hydrogens is 174 g/mol. The molecule has 0 bridgehead atoms. The van der Waals surface area contributed by atoms with Gasteiger partial charge in [-0.15, -0.1) is 0 Å². The number of aliphatic carboxylic acids is 1. The van der Waals surface area contributed by atoms with Crippen LogP contribution in [0.15, 0.2) is 0 Å². The lowest BCUT2D eigenvalue weighted by Gasteiger charge is -2.06. The molecule has 0 aliphatic carbocycles. The summed E-state index contributed by atoms with van der Waals surface area (Å²) >= 11 is 0. The summed E-state index contributed by atoms with van der Waals surface area (Å²) in [7, 11) is 0. The zero-order valence-corrected chi connectivity index (χ0v) is 7.45. The highest BCUT2D eigenvalue weighted by Gasteiger charge is 2.34. The monoisotopic (exact) mass is 187 g/mol. The largest absolute Gasteiger partial charge is 0.480 e. The fraction of sp³-hybridized carbons (Fsp3) is 0.750. The van der Waals surface area contributed by atoms with Crippen LogP contribution in [0.2, 0.25) is 0 Å². The first-order valence-electron chi connectivity index (χ1n) is 4.28. The molecule has 1 aliphatic rings. The summed E-state index contributed by atoms with van der Waals surface area (Å²) in [6, 6.07) is -0.602. The van der Waals surface area contributed by atoms with E-state index in [4.69, 9.17) is 9.84 Å². The van der Waals surface area contributed by atoms with Crippen molar-refractivity contribution in [1.29, 1.82) is 0 Å². The van der Waals surface area contributed by atoms with Gasteiger partial charge in [0.05, 0.1) is 12.5 Å². The molecular formula is C8H13NO4. The Kier molecular flexibility index (Phi) is 3.25. The molecule has 74 valence electrons. The summed E-state index contributed by atoms with van der Waals surface area (Å²) in [6.07, 6.45) is 0.328. The first kappa shape index (κ1) is 9.98. The van der Waals surface area contributed by atoms with Crippen molar-refractivity contribution in [3.8, 4) is 0 Å². The highest BCUT2D eigenvalue weighted by molar-refractivity contribution is 5.78. The van der Waals surface area contributed by atoms with Gasteiger partial charge < -0.3 is 15.2 Å². The minimum atomic E-state index is -0.910. The smallest absolute Gasteiger partial charge is 0.320 e. The summed E-state index contributed by atoms with van der Waals surface area (Å²) in [5, 5.41) is 11.4. The summed E-state index contributed by atoms with van der Waals surface area (Å²) < 4.78 is 4.78. The van der Waals surface area contributed by atoms with E-state index in [9.17, 15) is 9.59 Å². The number of carbonyl (C=O) groups is 2. The normalized spacial score (nSPS) is 27.2. The Hall–Kier alpha value is -1.10. The predicted octanol–water partition coefficient (Wildman–Crippen LogP) is -0.388. The maximum atomic E-state index is 11.2. The van der Waals surface area contributed by atoms with Gasteiger partial charge in [-0.3, -0.25) is 9.59 Å². The molecule has 0 radical (unpaired) electrons. The average molecular weight is 187 g/mol. The number of carboxylic acids is 1. The number of rotatable bonds is 3. The first-order valence-corrected chi connectivity index (χ1v) is 4.28. The summed E-state index contributed by atoms with van der Waals surface area (Å²) in [4.78, 5) is 21.7. The molecule has 0 aromatic carbocycles. The maximum absolute atomic E-state index is 11.2. The Morgan fingerprint density at radius 1 is 1.62 bits per heavy atom. The van der Waals surface area contributed by atoms with Crippen molar-refractivity contribution in [3.63, 3.8) is 0 Å². The second kappa shape index (κ2) is 4.23. The second-order valence-corrected chi connectivity index (χ2v) is 2.98. The van der Waals surface area contributed by atoms with Gasteiger partial charge in [0.25, 0.3) is 0 Å². The quantitative estimate of drug-likeness (QED) is 0.588. The van der Waals surface area contributed by atoms with Gasteiger partial charge in [-0.1, -0.05) is 0 Å². The number of ether oxygens (including phenoxy) is 1. The molecule has 0 spiro atoms. The van der Waals surface area contributed by atoms with Crippen LogP contribution in [0.25, 0.3) is 0 Å². The van der Waals surface area contributed by atoms with Gasteiger partial charge in [0.15, 0.2) is 0 Å². The lowest BCUT2D eigenvalue weighted by molar-refractivity contribution is -0.147. The third kappa shape index (κ3) is 2.42. The Labute approximate surface area is 76.1 Å². The second-order valence-electron chi connectivity index (χ2n) is 2.98. The molecule has 13 heavy (non-hydrogen) atoms. The van der Waals surface area contributed by atoms with Gasteiger partial charge in [-0.25, -0.2) is 0 Å². The molecule has 5 nitrogen and oxygen atoms in total. The molecule has 0 aromatic heterocycles. The minimum absolute atomic E-state index is 0.305. The molecule has 1 saturated heterocycles. The van der Waals surface area contributed by atoms with E-state index in [0.29, 0.717) is 19.6 Å². The maximum Gasteiger partial charge on any atom is 0.320 e. The number of carbonyl (C=O) groups excluding carboxylic acids is 1. The molecule has 1 heterocycles. The van der Waals surface area contributed by atoms with Crippen molar-refractivity contribution >= 4 is 11.9 Å². The van der Waals surface area contributed by atoms with Gasteiger partial charge in [0, 0.05) is 6.54 Å². The van der Waals surface area contributed by atoms with Gasteiger partial charge in [-0.05, 0) is 13.3 Å². The van der Waals surface area contributed by atoms with E-state index >= 15 is 0 Å². The molecule has 0 amide bonds. The van der Waals surface area contributed by atoms with Gasteiger partial charge >= 0.3 is 11.9 Å². The number of esters is 1. The van der Waals surface area contributed by atoms with E-state index in [-0.39, 0.29) is 11.9 Å². The fourth-order valence-electron chi connectivity index (χ4n) is 1.36. The Balaban J connectivity index is 2.40. The molecule has 1 fully saturated rings. The van der Waals surface area contributed by atoms with Gasteiger partial charge in [-0.2, -0.15) is 0 Å². The molecule has 5 heteroatoms. The molecule has 1 aliphatic heterocycles. The van der Waals surface area contributed by atoms with E-state index in [2.05, 4.69) is 5.32 Å². The third-order valence-electron chi connectivity index (χ3n) is 2.05. The number of hydrogen-bond acceptors (Lipinski definition) is 4. The SMILES string of the molecule is CCOC(=O)[C@@H]1CN[C@H](C(=O)O)C1. The number of nitrogens with one attached hydrogen (secondary N) is 1. The van der Waals surface area contributed by atoms with Crippen LogP contribution in [0.1, 0.15) is 13.3 Å². The summed E-state index contributed by atoms with van der Waals surface area (Å²) in [5.74, 6) is -1.52. The van der Waals surface area contributed by atoms with Crippen LogP contribution in [0, 0.1) is 5.92 Å². The average Bonchev–Trinajstić information content (AvgIpc) is 2.52. The highest BCUT2D eigenvalue weighted by Crippen LogP contribution is 2.15. The zero-order valence-electron chi connectivity index (χ0n) is 7.45. The van der Waals surface area contributed by atoms with Crippen LogP contribution in [-0.4, -0.2) is 36.2 Å². The number of carboxylic acid groups (broad SMARTS) is 1. The van der Waals surface area contributed by atoms with E-state index in [0.717, 1.165) is 0 Å². The Bertz CT molecular complexity index is 216. The van der Waals surface area contributed by atoms with Crippen molar-refractivity contribution in [2.45, 2.75) is 19.4 Å². The number of hydrogen-bond donors (Lipinski definition) is 2. The van der Waals surface area contributed by atoms with E-state index in [1.165, 1.54) is 0 Å². The highest BCUT2D eigenvalue weighted by atomic mass is 16.5. The lowest BCUT2D eigenvalue weighted by atomic mass is 10.1. The minimum Gasteiger partial charge on any atom is -0.480 e. The van der Waals surface area contributed by atoms with Crippen LogP contribution in [-0.2, 0) is 14.3 Å². The van der Waals surface area contributed by atoms with E-state index in [1.54, 1.807) is 6.92 Å². The van der Waals surface area contributed by atoms with Gasteiger partial charge in [0.1, 0.15) is 6.04 Å². The zero-order chi connectivity index (χ0) is 9.84. The van der Waals surface area contributed by atoms with Crippen LogP contribution >= 0.6 is 0 Å². The van der Waals surface area contributed by atoms with E-state index < -0.39 is 12.0 Å². The topological polar surface area (TPSA) is 75.6 Å². The van der Waals surface area contributed by atoms with Crippen molar-refractivity contribution in [1.82, 2.24) is 5.32 Å². The van der Waals surface area contributed by atoms with Crippen molar-refractivity contribution < 1.29 is 19.4 Å². The molecule has 0 aromatic rings. The first-order chi connectivity index (χ1) is 6.15. The molecule has 0 saturated carbocycles. The summed E-state index contributed by atoms with van der Waals surface area (Å²) in [6.45, 7) is 2.47. The standard InChI is InChI=1S/C8H13NO4/c1-2-13-8(12)5-3-6(7(10)11)9-4-5/h5-6,9H,2-4H2,1H3,(H,10,11)/t5-,6-/m0/s1. The van der Waals surface area contributed by atoms with Gasteiger partial charge in [0.2, 0.25) is 0 Å². The molecule has 0 unspecified atom stereocenters. The lowest BCUT2D eigenvalue weighted by Crippen LogP contribution is -2.29. The van der Waals surface area contributed by atoms with Crippen molar-refractivity contribution in [3.05, 3.63) is 0 Å². The predicted molar refractivity (Wildman–Crippen MR) is 44.2 cm³/mol. The Morgan fingerprint density at radius 3 is 2.77 bits per heavy atom. The molecule has 1 rings (SSSR count). The van der Waals surface area contributed by atoms with E-state index in [1.807, 2.05) is 0 Å². The molecule has 2 N–H and O–H groups in total. The molecule has 2 atom stereocenters. The van der Waals surface area contributed by atoms with Crippen molar-refractivity contribution in [2.24, 2.45) is 5.92 Å². The summed E-state index contributed by atoms with van der Waals surface area (Å²) in [5.41, 5.74) is 0. The van der Waals surface area contributed by atoms with Crippen LogP contribution < -0.4 is 5.32 Å². The van der Waals surface area contributed by atoms with Crippen molar-refractivity contribution in [2.75, 3.05) is 13.2 Å². The third-order valence-corrected chi connectivity index (χ3v) is 2.05. The van der Waals surface area contributed by atoms with Crippen LogP contribution in [0.5, 0.6) is 0 Å².